The maximum Gasteiger partial charge on any atom is 0.245 e. The van der Waals surface area contributed by atoms with E-state index in [4.69, 9.17) is 21.2 Å². The molecule has 0 spiro atoms. The maximum absolute atomic E-state index is 12.4. The average molecular weight is 418 g/mol. The van der Waals surface area contributed by atoms with Gasteiger partial charge in [-0.2, -0.15) is 0 Å². The van der Waals surface area contributed by atoms with Gasteiger partial charge in [0, 0.05) is 37.6 Å². The fourth-order valence-electron chi connectivity index (χ4n) is 2.77. The summed E-state index contributed by atoms with van der Waals surface area (Å²) in [6, 6.07) is 15.1. The minimum absolute atomic E-state index is 0.0743. The van der Waals surface area contributed by atoms with Gasteiger partial charge in [-0.25, -0.2) is 9.90 Å². The molecule has 0 bridgehead atoms. The number of ketones is 1. The van der Waals surface area contributed by atoms with Crippen LogP contribution in [0.3, 0.4) is 0 Å². The predicted octanol–water partition coefficient (Wildman–Crippen LogP) is 5.52. The van der Waals surface area contributed by atoms with E-state index >= 15 is 0 Å². The van der Waals surface area contributed by atoms with Crippen LogP contribution in [0.2, 0.25) is 5.02 Å². The zero-order chi connectivity index (χ0) is 21.4. The summed E-state index contributed by atoms with van der Waals surface area (Å²) in [7, 11) is 3.09. The normalized spacial score (nSPS) is 11.3. The number of halogens is 1. The third-order valence-corrected chi connectivity index (χ3v) is 4.88. The van der Waals surface area contributed by atoms with E-state index in [1.54, 1.807) is 20.9 Å². The van der Waals surface area contributed by atoms with Crippen LogP contribution in [0.5, 0.6) is 0 Å². The van der Waals surface area contributed by atoms with Gasteiger partial charge in [-0.05, 0) is 49.9 Å². The van der Waals surface area contributed by atoms with Crippen molar-refractivity contribution in [3.63, 3.8) is 0 Å². The van der Waals surface area contributed by atoms with Gasteiger partial charge in [0.05, 0.1) is 0 Å². The van der Waals surface area contributed by atoms with Gasteiger partial charge >= 0.3 is 0 Å². The lowest BCUT2D eigenvalue weighted by Gasteiger charge is -2.28. The second kappa shape index (κ2) is 10.5. The van der Waals surface area contributed by atoms with Crippen molar-refractivity contribution in [3.05, 3.63) is 59.1 Å². The Balaban J connectivity index is 1.78. The number of carbonyl (C=O) groups excluding carboxylic acids is 2. The first-order chi connectivity index (χ1) is 13.7. The van der Waals surface area contributed by atoms with E-state index in [2.05, 4.69) is 0 Å². The molecule has 0 aliphatic rings. The van der Waals surface area contributed by atoms with Crippen molar-refractivity contribution in [2.24, 2.45) is 0 Å². The standard InChI is InChI=1S/C23H28ClNO4/c1-23(2,28-4)29-25(3)22(27)8-6-5-7-21(26)19-11-9-17(10-12-19)18-13-15-20(24)16-14-18/h9-16H,5-8H2,1-4H3. The van der Waals surface area contributed by atoms with E-state index in [9.17, 15) is 9.59 Å². The number of hydroxylamine groups is 2. The molecule has 0 heterocycles. The molecule has 29 heavy (non-hydrogen) atoms. The molecule has 2 rings (SSSR count). The molecule has 1 amide bonds. The Hall–Kier alpha value is -2.21. The molecule has 0 N–H and O–H groups in total. The van der Waals surface area contributed by atoms with E-state index in [-0.39, 0.29) is 11.7 Å². The number of hydrogen-bond acceptors (Lipinski definition) is 4. The Morgan fingerprint density at radius 2 is 1.45 bits per heavy atom. The van der Waals surface area contributed by atoms with E-state index < -0.39 is 5.79 Å². The smallest absolute Gasteiger partial charge is 0.245 e. The molecule has 0 atom stereocenters. The fraction of sp³-hybridized carbons (Fsp3) is 0.391. The van der Waals surface area contributed by atoms with Crippen LogP contribution in [0.4, 0.5) is 0 Å². The number of Topliss-reactive ketones (excluding diaryl/α,β-unsaturated/α-hetero) is 1. The maximum atomic E-state index is 12.4. The van der Waals surface area contributed by atoms with Gasteiger partial charge in [-0.1, -0.05) is 48.0 Å². The predicted molar refractivity (Wildman–Crippen MR) is 115 cm³/mol. The number of rotatable bonds is 10. The van der Waals surface area contributed by atoms with Crippen molar-refractivity contribution in [1.82, 2.24) is 5.06 Å². The van der Waals surface area contributed by atoms with Gasteiger partial charge in [-0.3, -0.25) is 9.59 Å². The molecule has 0 saturated heterocycles. The highest BCUT2D eigenvalue weighted by atomic mass is 35.5. The van der Waals surface area contributed by atoms with Crippen molar-refractivity contribution in [3.8, 4) is 11.1 Å². The van der Waals surface area contributed by atoms with Crippen LogP contribution in [0.25, 0.3) is 11.1 Å². The number of methoxy groups -OCH3 is 1. The Morgan fingerprint density at radius 1 is 0.931 bits per heavy atom. The minimum Gasteiger partial charge on any atom is -0.352 e. The molecular weight excluding hydrogens is 390 g/mol. The van der Waals surface area contributed by atoms with Crippen molar-refractivity contribution in [2.45, 2.75) is 45.3 Å². The molecule has 2 aromatic carbocycles. The molecule has 5 nitrogen and oxygen atoms in total. The van der Waals surface area contributed by atoms with Crippen molar-refractivity contribution in [1.29, 1.82) is 0 Å². The molecule has 0 radical (unpaired) electrons. The zero-order valence-corrected chi connectivity index (χ0v) is 18.2. The quantitative estimate of drug-likeness (QED) is 0.221. The monoisotopic (exact) mass is 417 g/mol. The lowest BCUT2D eigenvalue weighted by atomic mass is 10.0. The van der Waals surface area contributed by atoms with Crippen LogP contribution < -0.4 is 0 Å². The number of hydrogen-bond donors (Lipinski definition) is 0. The first-order valence-corrected chi connectivity index (χ1v) is 9.99. The van der Waals surface area contributed by atoms with Crippen molar-refractivity contribution < 1.29 is 19.2 Å². The molecule has 0 saturated carbocycles. The molecule has 156 valence electrons. The van der Waals surface area contributed by atoms with E-state index in [0.29, 0.717) is 36.3 Å². The lowest BCUT2D eigenvalue weighted by Crippen LogP contribution is -2.38. The summed E-state index contributed by atoms with van der Waals surface area (Å²) in [5.41, 5.74) is 2.76. The van der Waals surface area contributed by atoms with Gasteiger partial charge in [0.1, 0.15) is 0 Å². The first-order valence-electron chi connectivity index (χ1n) is 9.62. The van der Waals surface area contributed by atoms with Crippen molar-refractivity contribution in [2.75, 3.05) is 14.2 Å². The summed E-state index contributed by atoms with van der Waals surface area (Å²) in [6.07, 6.45) is 1.99. The molecule has 2 aromatic rings. The van der Waals surface area contributed by atoms with Gasteiger partial charge in [0.15, 0.2) is 11.6 Å². The molecular formula is C23H28ClNO4. The summed E-state index contributed by atoms with van der Waals surface area (Å²) in [6.45, 7) is 3.46. The molecule has 0 aliphatic heterocycles. The number of nitrogens with zero attached hydrogens (tertiary/aromatic N) is 1. The second-order valence-electron chi connectivity index (χ2n) is 7.30. The molecule has 0 fully saturated rings. The van der Waals surface area contributed by atoms with Gasteiger partial charge in [-0.15, -0.1) is 0 Å². The summed E-state index contributed by atoms with van der Waals surface area (Å²) in [4.78, 5) is 29.9. The third kappa shape index (κ3) is 7.28. The van der Waals surface area contributed by atoms with Gasteiger partial charge < -0.3 is 4.74 Å². The number of carbonyl (C=O) groups is 2. The highest BCUT2D eigenvalue weighted by Gasteiger charge is 2.22. The summed E-state index contributed by atoms with van der Waals surface area (Å²) in [5.74, 6) is -0.932. The Kier molecular flexibility index (Phi) is 8.38. The van der Waals surface area contributed by atoms with Crippen LogP contribution in [-0.2, 0) is 14.4 Å². The van der Waals surface area contributed by atoms with Crippen LogP contribution in [-0.4, -0.2) is 36.7 Å². The minimum atomic E-state index is -0.863. The summed E-state index contributed by atoms with van der Waals surface area (Å²) >= 11 is 5.92. The van der Waals surface area contributed by atoms with E-state index in [1.807, 2.05) is 48.5 Å². The average Bonchev–Trinajstić information content (AvgIpc) is 2.71. The van der Waals surface area contributed by atoms with E-state index in [1.165, 1.54) is 12.2 Å². The number of benzene rings is 2. The highest BCUT2D eigenvalue weighted by Crippen LogP contribution is 2.22. The fourth-order valence-corrected chi connectivity index (χ4v) is 2.90. The van der Waals surface area contributed by atoms with Gasteiger partial charge in [0.2, 0.25) is 5.91 Å². The Bertz CT molecular complexity index is 816. The van der Waals surface area contributed by atoms with Gasteiger partial charge in [0.25, 0.3) is 0 Å². The Morgan fingerprint density at radius 3 is 2.00 bits per heavy atom. The van der Waals surface area contributed by atoms with Crippen LogP contribution in [0.15, 0.2) is 48.5 Å². The first kappa shape index (κ1) is 23.1. The lowest BCUT2D eigenvalue weighted by molar-refractivity contribution is -0.302. The number of unbranched alkanes of at least 4 members (excludes halogenated alkanes) is 1. The molecule has 6 heteroatoms. The number of amides is 1. The summed E-state index contributed by atoms with van der Waals surface area (Å²) < 4.78 is 5.14. The molecule has 0 unspecified atom stereocenters. The van der Waals surface area contributed by atoms with E-state index in [0.717, 1.165) is 11.1 Å². The largest absolute Gasteiger partial charge is 0.352 e. The summed E-state index contributed by atoms with van der Waals surface area (Å²) in [5, 5.41) is 1.89. The second-order valence-corrected chi connectivity index (χ2v) is 7.74. The third-order valence-electron chi connectivity index (χ3n) is 4.63. The van der Waals surface area contributed by atoms with Crippen LogP contribution >= 0.6 is 11.6 Å². The molecule has 0 aliphatic carbocycles. The highest BCUT2D eigenvalue weighted by molar-refractivity contribution is 6.30. The Labute approximate surface area is 177 Å². The topological polar surface area (TPSA) is 55.8 Å². The molecule has 0 aromatic heterocycles. The number of ether oxygens (including phenoxy) is 1. The zero-order valence-electron chi connectivity index (χ0n) is 17.4. The van der Waals surface area contributed by atoms with Crippen LogP contribution in [0, 0.1) is 0 Å². The van der Waals surface area contributed by atoms with Crippen LogP contribution in [0.1, 0.15) is 49.9 Å². The SMILES string of the molecule is COC(C)(C)ON(C)C(=O)CCCCC(=O)c1ccc(-c2ccc(Cl)cc2)cc1. The van der Waals surface area contributed by atoms with Crippen molar-refractivity contribution >= 4 is 23.3 Å².